The van der Waals surface area contributed by atoms with Crippen molar-refractivity contribution in [3.8, 4) is 0 Å². The van der Waals surface area contributed by atoms with Crippen molar-refractivity contribution in [2.75, 3.05) is 0 Å². The summed E-state index contributed by atoms with van der Waals surface area (Å²) >= 11 is 0. The van der Waals surface area contributed by atoms with E-state index in [9.17, 15) is 0 Å². The van der Waals surface area contributed by atoms with Crippen LogP contribution in [0.25, 0.3) is 0 Å². The molecule has 0 spiro atoms. The SMILES string of the molecule is [CH2]CCCC(Cc1ccccc1)Cc1ccccc1. The zero-order valence-corrected chi connectivity index (χ0v) is 11.6. The smallest absolute Gasteiger partial charge is 0.0247 e. The summed E-state index contributed by atoms with van der Waals surface area (Å²) in [7, 11) is 0. The van der Waals surface area contributed by atoms with E-state index < -0.39 is 0 Å². The van der Waals surface area contributed by atoms with Crippen LogP contribution in [0.3, 0.4) is 0 Å². The third-order valence-corrected chi connectivity index (χ3v) is 3.60. The minimum atomic E-state index is 0.728. The summed E-state index contributed by atoms with van der Waals surface area (Å²) in [4.78, 5) is 0. The lowest BCUT2D eigenvalue weighted by Gasteiger charge is -2.17. The van der Waals surface area contributed by atoms with E-state index in [1.165, 1.54) is 36.8 Å². The first-order valence-corrected chi connectivity index (χ1v) is 7.25. The molecule has 2 rings (SSSR count). The number of benzene rings is 2. The Hall–Kier alpha value is -1.56. The minimum absolute atomic E-state index is 0.728. The van der Waals surface area contributed by atoms with E-state index in [1.807, 2.05) is 0 Å². The van der Waals surface area contributed by atoms with Crippen LogP contribution in [0, 0.1) is 12.8 Å². The fourth-order valence-electron chi connectivity index (χ4n) is 2.60. The highest BCUT2D eigenvalue weighted by molar-refractivity contribution is 5.18. The Balaban J connectivity index is 1.99. The zero-order chi connectivity index (χ0) is 13.3. The molecule has 0 N–H and O–H groups in total. The molecule has 0 heteroatoms. The molecule has 0 atom stereocenters. The summed E-state index contributed by atoms with van der Waals surface area (Å²) < 4.78 is 0. The maximum atomic E-state index is 3.97. The molecule has 19 heavy (non-hydrogen) atoms. The second-order valence-electron chi connectivity index (χ2n) is 5.24. The van der Waals surface area contributed by atoms with E-state index >= 15 is 0 Å². The molecule has 0 bridgehead atoms. The van der Waals surface area contributed by atoms with Gasteiger partial charge < -0.3 is 0 Å². The maximum absolute atomic E-state index is 3.97. The zero-order valence-electron chi connectivity index (χ0n) is 11.6. The maximum Gasteiger partial charge on any atom is -0.0247 e. The number of unbranched alkanes of at least 4 members (excludes halogenated alkanes) is 1. The highest BCUT2D eigenvalue weighted by Crippen LogP contribution is 2.20. The van der Waals surface area contributed by atoms with Gasteiger partial charge in [0.1, 0.15) is 0 Å². The molecule has 0 heterocycles. The Morgan fingerprint density at radius 1 is 0.737 bits per heavy atom. The quantitative estimate of drug-likeness (QED) is 0.643. The first-order valence-electron chi connectivity index (χ1n) is 7.25. The third kappa shape index (κ3) is 4.90. The first-order chi connectivity index (χ1) is 9.38. The number of hydrogen-bond donors (Lipinski definition) is 0. The van der Waals surface area contributed by atoms with Crippen LogP contribution in [0.2, 0.25) is 0 Å². The fraction of sp³-hybridized carbons (Fsp3) is 0.316. The Labute approximate surface area is 117 Å². The van der Waals surface area contributed by atoms with Gasteiger partial charge in [-0.25, -0.2) is 0 Å². The molecule has 0 saturated carbocycles. The highest BCUT2D eigenvalue weighted by Gasteiger charge is 2.10. The summed E-state index contributed by atoms with van der Waals surface area (Å²) in [6, 6.07) is 21.7. The van der Waals surface area contributed by atoms with Gasteiger partial charge in [-0.3, -0.25) is 0 Å². The van der Waals surface area contributed by atoms with Crippen LogP contribution >= 0.6 is 0 Å². The Morgan fingerprint density at radius 2 is 1.21 bits per heavy atom. The number of hydrogen-bond acceptors (Lipinski definition) is 0. The predicted octanol–water partition coefficient (Wildman–Crippen LogP) is 5.09. The van der Waals surface area contributed by atoms with Crippen molar-refractivity contribution in [2.45, 2.75) is 32.1 Å². The molecule has 2 aromatic rings. The van der Waals surface area contributed by atoms with Gasteiger partial charge in [0.05, 0.1) is 0 Å². The van der Waals surface area contributed by atoms with Crippen molar-refractivity contribution < 1.29 is 0 Å². The van der Waals surface area contributed by atoms with Crippen molar-refractivity contribution in [1.82, 2.24) is 0 Å². The van der Waals surface area contributed by atoms with Gasteiger partial charge in [0, 0.05) is 0 Å². The average Bonchev–Trinajstić information content (AvgIpc) is 2.47. The molecule has 2 aromatic carbocycles. The van der Waals surface area contributed by atoms with Crippen LogP contribution in [0.4, 0.5) is 0 Å². The largest absolute Gasteiger partial charge is 0.0622 e. The third-order valence-electron chi connectivity index (χ3n) is 3.60. The number of rotatable bonds is 7. The van der Waals surface area contributed by atoms with Crippen molar-refractivity contribution >= 4 is 0 Å². The van der Waals surface area contributed by atoms with Crippen LogP contribution in [0.1, 0.15) is 30.4 Å². The monoisotopic (exact) mass is 251 g/mol. The molecular formula is C19H23. The summed E-state index contributed by atoms with van der Waals surface area (Å²) in [5.41, 5.74) is 2.90. The van der Waals surface area contributed by atoms with Crippen molar-refractivity contribution in [1.29, 1.82) is 0 Å². The molecule has 0 aliphatic carbocycles. The molecule has 0 aliphatic heterocycles. The summed E-state index contributed by atoms with van der Waals surface area (Å²) in [6.45, 7) is 3.97. The average molecular weight is 251 g/mol. The van der Waals surface area contributed by atoms with Gasteiger partial charge in [-0.2, -0.15) is 0 Å². The van der Waals surface area contributed by atoms with Gasteiger partial charge >= 0.3 is 0 Å². The van der Waals surface area contributed by atoms with Gasteiger partial charge in [0.15, 0.2) is 0 Å². The van der Waals surface area contributed by atoms with Crippen LogP contribution in [-0.2, 0) is 12.8 Å². The van der Waals surface area contributed by atoms with Crippen molar-refractivity contribution in [3.63, 3.8) is 0 Å². The van der Waals surface area contributed by atoms with Crippen LogP contribution in [0.15, 0.2) is 60.7 Å². The molecule has 99 valence electrons. The van der Waals surface area contributed by atoms with Gasteiger partial charge in [-0.05, 0) is 36.3 Å². The van der Waals surface area contributed by atoms with E-state index in [-0.39, 0.29) is 0 Å². The Kier molecular flexibility index (Phi) is 5.68. The van der Waals surface area contributed by atoms with Crippen LogP contribution < -0.4 is 0 Å². The lowest BCUT2D eigenvalue weighted by atomic mass is 9.88. The summed E-state index contributed by atoms with van der Waals surface area (Å²) in [5.74, 6) is 0.728. The molecule has 0 unspecified atom stereocenters. The predicted molar refractivity (Wildman–Crippen MR) is 83.0 cm³/mol. The molecule has 0 fully saturated rings. The fourth-order valence-corrected chi connectivity index (χ4v) is 2.60. The normalized spacial score (nSPS) is 10.8. The van der Waals surface area contributed by atoms with Crippen molar-refractivity contribution in [3.05, 3.63) is 78.7 Å². The minimum Gasteiger partial charge on any atom is -0.0622 e. The first kappa shape index (κ1) is 13.9. The van der Waals surface area contributed by atoms with E-state index in [2.05, 4.69) is 67.6 Å². The van der Waals surface area contributed by atoms with E-state index in [4.69, 9.17) is 0 Å². The summed E-state index contributed by atoms with van der Waals surface area (Å²) in [6.07, 6.45) is 5.89. The van der Waals surface area contributed by atoms with Gasteiger partial charge in [-0.1, -0.05) is 80.4 Å². The second-order valence-corrected chi connectivity index (χ2v) is 5.24. The van der Waals surface area contributed by atoms with E-state index in [1.54, 1.807) is 0 Å². The molecule has 0 aromatic heterocycles. The summed E-state index contributed by atoms with van der Waals surface area (Å²) in [5, 5.41) is 0. The molecule has 0 aliphatic rings. The van der Waals surface area contributed by atoms with Crippen LogP contribution in [0.5, 0.6) is 0 Å². The lowest BCUT2D eigenvalue weighted by molar-refractivity contribution is 0.465. The van der Waals surface area contributed by atoms with Gasteiger partial charge in [0.25, 0.3) is 0 Å². The topological polar surface area (TPSA) is 0 Å². The van der Waals surface area contributed by atoms with Crippen molar-refractivity contribution in [2.24, 2.45) is 5.92 Å². The van der Waals surface area contributed by atoms with Crippen LogP contribution in [-0.4, -0.2) is 0 Å². The van der Waals surface area contributed by atoms with E-state index in [0.717, 1.165) is 12.3 Å². The Bertz CT molecular complexity index is 402. The molecule has 0 nitrogen and oxygen atoms in total. The molecule has 0 saturated heterocycles. The lowest BCUT2D eigenvalue weighted by Crippen LogP contribution is -2.08. The van der Waals surface area contributed by atoms with Gasteiger partial charge in [-0.15, -0.1) is 0 Å². The molecule has 1 radical (unpaired) electrons. The Morgan fingerprint density at radius 3 is 1.63 bits per heavy atom. The standard InChI is InChI=1S/C19H23/c1-2-3-10-19(15-17-11-6-4-7-12-17)16-18-13-8-5-9-14-18/h4-9,11-14,19H,1-3,10,15-16H2. The van der Waals surface area contributed by atoms with E-state index in [0.29, 0.717) is 0 Å². The molecular weight excluding hydrogens is 228 g/mol. The molecule has 0 amide bonds. The van der Waals surface area contributed by atoms with Gasteiger partial charge in [0.2, 0.25) is 0 Å². The highest BCUT2D eigenvalue weighted by atomic mass is 14.1. The second kappa shape index (κ2) is 7.78.